The lowest BCUT2D eigenvalue weighted by Crippen LogP contribution is -2.59. The second-order valence-corrected chi connectivity index (χ2v) is 3.62. The van der Waals surface area contributed by atoms with E-state index in [0.29, 0.717) is 0 Å². The number of aliphatic hydroxyl groups excluding tert-OH is 1. The fraction of sp³-hybridized carbons (Fsp3) is 0.667. The highest BCUT2D eigenvalue weighted by molar-refractivity contribution is 5.87. The molecule has 0 radical (unpaired) electrons. The lowest BCUT2D eigenvalue weighted by atomic mass is 10.1. The first-order chi connectivity index (χ1) is 7.75. The molecule has 0 heterocycles. The van der Waals surface area contributed by atoms with Gasteiger partial charge < -0.3 is 9.84 Å². The summed E-state index contributed by atoms with van der Waals surface area (Å²) >= 11 is 0. The average molecular weight is 280 g/mol. The van der Waals surface area contributed by atoms with Crippen molar-refractivity contribution >= 4 is 5.97 Å². The summed E-state index contributed by atoms with van der Waals surface area (Å²) in [6.07, 6.45) is -3.72. The van der Waals surface area contributed by atoms with Gasteiger partial charge in [-0.2, -0.15) is 26.3 Å². The molecule has 0 saturated heterocycles. The van der Waals surface area contributed by atoms with Gasteiger partial charge in [0.2, 0.25) is 0 Å². The molecule has 1 atom stereocenters. The third kappa shape index (κ3) is 2.95. The number of halogens is 6. The Kier molecular flexibility index (Phi) is 4.46. The first-order valence-electron chi connectivity index (χ1n) is 4.43. The highest BCUT2D eigenvalue weighted by Gasteiger charge is 2.73. The van der Waals surface area contributed by atoms with E-state index in [9.17, 15) is 31.1 Å². The van der Waals surface area contributed by atoms with Gasteiger partial charge in [0.15, 0.2) is 0 Å². The molecule has 1 N–H and O–H groups in total. The SMILES string of the molecule is C=C(C)C(=O)OC(O)C(F)(F)C(F)(F)C(C)(F)F. The molecule has 0 aliphatic rings. The molecule has 0 aromatic rings. The predicted octanol–water partition coefficient (Wildman–Crippen LogP) is 2.35. The Morgan fingerprint density at radius 3 is 1.89 bits per heavy atom. The minimum absolute atomic E-state index is 0.450. The molecule has 0 bridgehead atoms. The molecule has 1 unspecified atom stereocenters. The van der Waals surface area contributed by atoms with Crippen LogP contribution in [0.4, 0.5) is 26.3 Å². The van der Waals surface area contributed by atoms with Gasteiger partial charge in [0.25, 0.3) is 6.29 Å². The molecule has 3 nitrogen and oxygen atoms in total. The molecular weight excluding hydrogens is 270 g/mol. The van der Waals surface area contributed by atoms with Gasteiger partial charge in [-0.1, -0.05) is 6.58 Å². The summed E-state index contributed by atoms with van der Waals surface area (Å²) in [7, 11) is 0. The van der Waals surface area contributed by atoms with Crippen molar-refractivity contribution in [3.8, 4) is 0 Å². The first kappa shape index (κ1) is 16.8. The van der Waals surface area contributed by atoms with Crippen molar-refractivity contribution in [1.29, 1.82) is 0 Å². The number of aliphatic hydroxyl groups is 1. The van der Waals surface area contributed by atoms with E-state index < -0.39 is 42.5 Å². The monoisotopic (exact) mass is 280 g/mol. The van der Waals surface area contributed by atoms with Crippen molar-refractivity contribution in [2.24, 2.45) is 0 Å². The Morgan fingerprint density at radius 1 is 1.22 bits per heavy atom. The maximum Gasteiger partial charge on any atom is 0.378 e. The zero-order valence-corrected chi connectivity index (χ0v) is 9.32. The Balaban J connectivity index is 5.15. The number of carbonyl (C=O) groups is 1. The van der Waals surface area contributed by atoms with Crippen LogP contribution < -0.4 is 0 Å². The molecule has 18 heavy (non-hydrogen) atoms. The molecule has 0 rings (SSSR count). The zero-order valence-electron chi connectivity index (χ0n) is 9.32. The van der Waals surface area contributed by atoms with Gasteiger partial charge in [-0.15, -0.1) is 0 Å². The number of alkyl halides is 6. The quantitative estimate of drug-likeness (QED) is 0.364. The number of ether oxygens (including phenoxy) is 1. The van der Waals surface area contributed by atoms with Gasteiger partial charge >= 0.3 is 23.7 Å². The van der Waals surface area contributed by atoms with E-state index in [4.69, 9.17) is 5.11 Å². The first-order valence-corrected chi connectivity index (χ1v) is 4.43. The number of hydrogen-bond acceptors (Lipinski definition) is 3. The normalized spacial score (nSPS) is 15.2. The van der Waals surface area contributed by atoms with Gasteiger partial charge in [0, 0.05) is 12.5 Å². The minimum atomic E-state index is -5.89. The topological polar surface area (TPSA) is 46.5 Å². The summed E-state index contributed by atoms with van der Waals surface area (Å²) < 4.78 is 79.5. The van der Waals surface area contributed by atoms with E-state index in [-0.39, 0.29) is 0 Å². The van der Waals surface area contributed by atoms with Crippen molar-refractivity contribution < 1.29 is 41.0 Å². The van der Waals surface area contributed by atoms with E-state index in [0.717, 1.165) is 6.92 Å². The maximum absolute atomic E-state index is 12.9. The highest BCUT2D eigenvalue weighted by Crippen LogP contribution is 2.47. The molecule has 0 fully saturated rings. The maximum atomic E-state index is 12.9. The van der Waals surface area contributed by atoms with Crippen LogP contribution in [-0.4, -0.2) is 35.1 Å². The van der Waals surface area contributed by atoms with Gasteiger partial charge in [0.1, 0.15) is 0 Å². The van der Waals surface area contributed by atoms with Crippen molar-refractivity contribution in [2.45, 2.75) is 37.9 Å². The lowest BCUT2D eigenvalue weighted by molar-refractivity contribution is -0.356. The Bertz CT molecular complexity index is 347. The van der Waals surface area contributed by atoms with Crippen molar-refractivity contribution in [3.05, 3.63) is 12.2 Å². The number of esters is 1. The highest BCUT2D eigenvalue weighted by atomic mass is 19.3. The van der Waals surface area contributed by atoms with Gasteiger partial charge in [-0.3, -0.25) is 0 Å². The molecule has 9 heteroatoms. The third-order valence-corrected chi connectivity index (χ3v) is 1.85. The fourth-order valence-corrected chi connectivity index (χ4v) is 0.724. The third-order valence-electron chi connectivity index (χ3n) is 1.85. The largest absolute Gasteiger partial charge is 0.426 e. The van der Waals surface area contributed by atoms with Crippen LogP contribution in [0.15, 0.2) is 12.2 Å². The number of hydrogen-bond donors (Lipinski definition) is 1. The van der Waals surface area contributed by atoms with Crippen LogP contribution in [0.5, 0.6) is 0 Å². The molecule has 0 aliphatic carbocycles. The number of rotatable bonds is 5. The van der Waals surface area contributed by atoms with E-state index in [2.05, 4.69) is 11.3 Å². The molecule has 0 aliphatic heterocycles. The van der Waals surface area contributed by atoms with Crippen LogP contribution in [0.3, 0.4) is 0 Å². The summed E-state index contributed by atoms with van der Waals surface area (Å²) in [4.78, 5) is 10.7. The summed E-state index contributed by atoms with van der Waals surface area (Å²) in [5, 5.41) is 8.65. The van der Waals surface area contributed by atoms with Crippen LogP contribution in [0, 0.1) is 0 Å². The molecule has 106 valence electrons. The predicted molar refractivity (Wildman–Crippen MR) is 47.4 cm³/mol. The van der Waals surface area contributed by atoms with E-state index in [1.165, 1.54) is 0 Å². The second kappa shape index (κ2) is 4.79. The Labute approximate surface area is 98.0 Å². The lowest BCUT2D eigenvalue weighted by Gasteiger charge is -2.32. The van der Waals surface area contributed by atoms with E-state index in [1.807, 2.05) is 0 Å². The van der Waals surface area contributed by atoms with Crippen molar-refractivity contribution in [2.75, 3.05) is 0 Å². The van der Waals surface area contributed by atoms with Crippen LogP contribution >= 0.6 is 0 Å². The van der Waals surface area contributed by atoms with E-state index >= 15 is 0 Å². The fourth-order valence-electron chi connectivity index (χ4n) is 0.724. The Hall–Kier alpha value is -1.25. The van der Waals surface area contributed by atoms with Crippen LogP contribution in [0.2, 0.25) is 0 Å². The van der Waals surface area contributed by atoms with Gasteiger partial charge in [-0.05, 0) is 6.92 Å². The summed E-state index contributed by atoms with van der Waals surface area (Å²) in [5.74, 6) is -18.3. The van der Waals surface area contributed by atoms with Gasteiger partial charge in [0.05, 0.1) is 0 Å². The summed E-state index contributed by atoms with van der Waals surface area (Å²) in [6.45, 7) is 3.47. The molecular formula is C9H10F6O3. The molecule has 0 aromatic heterocycles. The van der Waals surface area contributed by atoms with Crippen LogP contribution in [-0.2, 0) is 9.53 Å². The smallest absolute Gasteiger partial charge is 0.378 e. The Morgan fingerprint density at radius 2 is 1.61 bits per heavy atom. The second-order valence-electron chi connectivity index (χ2n) is 3.62. The zero-order chi connectivity index (χ0) is 14.9. The van der Waals surface area contributed by atoms with Gasteiger partial charge in [-0.25, -0.2) is 4.79 Å². The standard InChI is InChI=1S/C9H10F6O3/c1-4(2)5(16)18-6(17)8(12,13)9(14,15)7(3,10)11/h6,17H,1H2,2-3H3. The van der Waals surface area contributed by atoms with Crippen LogP contribution in [0.1, 0.15) is 13.8 Å². The average Bonchev–Trinajstić information content (AvgIpc) is 2.14. The van der Waals surface area contributed by atoms with Crippen LogP contribution in [0.25, 0.3) is 0 Å². The molecule has 0 amide bonds. The molecule has 0 aromatic carbocycles. The van der Waals surface area contributed by atoms with Crippen molar-refractivity contribution in [3.63, 3.8) is 0 Å². The minimum Gasteiger partial charge on any atom is -0.426 e. The number of carbonyl (C=O) groups excluding carboxylic acids is 1. The summed E-state index contributed by atoms with van der Waals surface area (Å²) in [6, 6.07) is 0. The summed E-state index contributed by atoms with van der Waals surface area (Å²) in [5.41, 5.74) is -0.476. The van der Waals surface area contributed by atoms with E-state index in [1.54, 1.807) is 0 Å². The molecule has 0 saturated carbocycles. The van der Waals surface area contributed by atoms with Crippen molar-refractivity contribution in [1.82, 2.24) is 0 Å². The molecule has 0 spiro atoms.